The lowest BCUT2D eigenvalue weighted by Gasteiger charge is -2.25. The van der Waals surface area contributed by atoms with E-state index in [0.29, 0.717) is 24.9 Å². The van der Waals surface area contributed by atoms with Crippen molar-refractivity contribution in [2.45, 2.75) is 38.3 Å². The molecule has 3 rings (SSSR count). The van der Waals surface area contributed by atoms with Gasteiger partial charge in [-0.25, -0.2) is 4.98 Å². The van der Waals surface area contributed by atoms with Gasteiger partial charge in [0.05, 0.1) is 6.42 Å². The summed E-state index contributed by atoms with van der Waals surface area (Å²) in [5.74, 6) is 0.620. The molecule has 0 spiro atoms. The highest BCUT2D eigenvalue weighted by atomic mass is 16.5. The normalized spacial score (nSPS) is 14.2. The predicted octanol–water partition coefficient (Wildman–Crippen LogP) is 2.27. The maximum absolute atomic E-state index is 11.9. The fourth-order valence-electron chi connectivity index (χ4n) is 2.24. The molecule has 22 heavy (non-hydrogen) atoms. The number of carbonyl (C=O) groups is 1. The first-order valence-electron chi connectivity index (χ1n) is 7.57. The van der Waals surface area contributed by atoms with Crippen LogP contribution in [0.3, 0.4) is 0 Å². The van der Waals surface area contributed by atoms with Crippen LogP contribution in [0, 0.1) is 0 Å². The van der Waals surface area contributed by atoms with Crippen LogP contribution in [0.2, 0.25) is 0 Å². The Labute approximate surface area is 129 Å². The van der Waals surface area contributed by atoms with Crippen molar-refractivity contribution in [2.75, 3.05) is 0 Å². The van der Waals surface area contributed by atoms with Crippen LogP contribution >= 0.6 is 0 Å². The minimum atomic E-state index is -0.0220. The maximum atomic E-state index is 11.9. The minimum Gasteiger partial charge on any atom is -0.474 e. The van der Waals surface area contributed by atoms with Crippen LogP contribution in [-0.2, 0) is 17.8 Å². The van der Waals surface area contributed by atoms with Crippen LogP contribution in [0.1, 0.15) is 30.4 Å². The fraction of sp³-hybridized carbons (Fsp3) is 0.353. The van der Waals surface area contributed by atoms with Gasteiger partial charge in [0.25, 0.3) is 0 Å². The van der Waals surface area contributed by atoms with Crippen molar-refractivity contribution in [3.05, 3.63) is 54.0 Å². The van der Waals surface area contributed by atoms with E-state index in [4.69, 9.17) is 4.74 Å². The Hall–Kier alpha value is -2.43. The smallest absolute Gasteiger partial charge is 0.224 e. The Balaban J connectivity index is 1.50. The van der Waals surface area contributed by atoms with E-state index in [-0.39, 0.29) is 5.91 Å². The Kier molecular flexibility index (Phi) is 4.63. The van der Waals surface area contributed by atoms with E-state index in [1.807, 2.05) is 24.3 Å². The van der Waals surface area contributed by atoms with Crippen molar-refractivity contribution < 1.29 is 9.53 Å². The van der Waals surface area contributed by atoms with E-state index >= 15 is 0 Å². The highest BCUT2D eigenvalue weighted by Crippen LogP contribution is 2.24. The van der Waals surface area contributed by atoms with Crippen LogP contribution in [0.4, 0.5) is 0 Å². The maximum Gasteiger partial charge on any atom is 0.224 e. The van der Waals surface area contributed by atoms with Gasteiger partial charge in [-0.2, -0.15) is 0 Å². The van der Waals surface area contributed by atoms with Gasteiger partial charge in [-0.05, 0) is 42.5 Å². The quantitative estimate of drug-likeness (QED) is 0.888. The van der Waals surface area contributed by atoms with E-state index in [9.17, 15) is 4.79 Å². The predicted molar refractivity (Wildman–Crippen MR) is 82.3 cm³/mol. The van der Waals surface area contributed by atoms with E-state index in [0.717, 1.165) is 24.0 Å². The van der Waals surface area contributed by atoms with Gasteiger partial charge in [0.15, 0.2) is 0 Å². The number of nitrogens with one attached hydrogen (secondary N) is 1. The summed E-state index contributed by atoms with van der Waals surface area (Å²) in [6, 6.07) is 7.50. The molecule has 1 aliphatic carbocycles. The lowest BCUT2D eigenvalue weighted by molar-refractivity contribution is -0.120. The molecule has 1 saturated carbocycles. The molecule has 2 aromatic rings. The Bertz CT molecular complexity index is 627. The topological polar surface area (TPSA) is 64.1 Å². The number of aromatic nitrogens is 2. The zero-order valence-electron chi connectivity index (χ0n) is 12.4. The van der Waals surface area contributed by atoms with Gasteiger partial charge in [0.1, 0.15) is 6.10 Å². The summed E-state index contributed by atoms with van der Waals surface area (Å²) in [7, 11) is 0. The van der Waals surface area contributed by atoms with Crippen molar-refractivity contribution in [1.82, 2.24) is 15.3 Å². The molecule has 1 amide bonds. The molecule has 0 radical (unpaired) electrons. The third-order valence-electron chi connectivity index (χ3n) is 3.72. The standard InChI is InChI=1S/C17H19N3O2/c21-16(9-13-3-2-7-18-11-13)20-12-14-6-8-19-17(10-14)22-15-4-1-5-15/h2-3,6-8,10-11,15H,1,4-5,9,12H2,(H,20,21). The number of amides is 1. The van der Waals surface area contributed by atoms with Gasteiger partial charge in [-0.1, -0.05) is 6.07 Å². The SMILES string of the molecule is O=C(Cc1cccnc1)NCc1ccnc(OC2CCC2)c1. The largest absolute Gasteiger partial charge is 0.474 e. The van der Waals surface area contributed by atoms with Gasteiger partial charge in [-0.15, -0.1) is 0 Å². The van der Waals surface area contributed by atoms with Crippen molar-refractivity contribution >= 4 is 5.91 Å². The second-order valence-corrected chi connectivity index (χ2v) is 5.49. The van der Waals surface area contributed by atoms with Crippen LogP contribution in [0.5, 0.6) is 5.88 Å². The Morgan fingerprint density at radius 1 is 1.27 bits per heavy atom. The number of ether oxygens (including phenoxy) is 1. The molecule has 0 saturated heterocycles. The molecule has 1 N–H and O–H groups in total. The van der Waals surface area contributed by atoms with E-state index in [1.54, 1.807) is 18.6 Å². The first kappa shape index (κ1) is 14.5. The molecule has 0 bridgehead atoms. The molecule has 0 aromatic carbocycles. The molecule has 1 aliphatic rings. The molecular formula is C17H19N3O2. The van der Waals surface area contributed by atoms with Gasteiger partial charge >= 0.3 is 0 Å². The molecule has 1 fully saturated rings. The molecule has 2 heterocycles. The molecular weight excluding hydrogens is 278 g/mol. The van der Waals surface area contributed by atoms with Crippen LogP contribution in [0.25, 0.3) is 0 Å². The molecule has 2 aromatic heterocycles. The van der Waals surface area contributed by atoms with E-state index in [1.165, 1.54) is 6.42 Å². The van der Waals surface area contributed by atoms with Crippen LogP contribution < -0.4 is 10.1 Å². The number of rotatable bonds is 6. The molecule has 5 heteroatoms. The van der Waals surface area contributed by atoms with E-state index < -0.39 is 0 Å². The summed E-state index contributed by atoms with van der Waals surface area (Å²) >= 11 is 0. The summed E-state index contributed by atoms with van der Waals surface area (Å²) < 4.78 is 5.76. The molecule has 5 nitrogen and oxygen atoms in total. The highest BCUT2D eigenvalue weighted by molar-refractivity contribution is 5.78. The second kappa shape index (κ2) is 7.02. The highest BCUT2D eigenvalue weighted by Gasteiger charge is 2.19. The lowest BCUT2D eigenvalue weighted by Crippen LogP contribution is -2.26. The summed E-state index contributed by atoms with van der Waals surface area (Å²) in [5.41, 5.74) is 1.90. The molecule has 0 aliphatic heterocycles. The zero-order valence-corrected chi connectivity index (χ0v) is 12.4. The number of hydrogen-bond acceptors (Lipinski definition) is 4. The summed E-state index contributed by atoms with van der Waals surface area (Å²) in [4.78, 5) is 20.1. The third kappa shape index (κ3) is 4.04. The van der Waals surface area contributed by atoms with E-state index in [2.05, 4.69) is 15.3 Å². The molecule has 0 unspecified atom stereocenters. The van der Waals surface area contributed by atoms with Gasteiger partial charge in [-0.3, -0.25) is 9.78 Å². The van der Waals surface area contributed by atoms with Crippen molar-refractivity contribution in [3.8, 4) is 5.88 Å². The number of pyridine rings is 2. The average Bonchev–Trinajstić information content (AvgIpc) is 2.50. The Morgan fingerprint density at radius 3 is 2.91 bits per heavy atom. The number of carbonyl (C=O) groups excluding carboxylic acids is 1. The zero-order chi connectivity index (χ0) is 15.2. The van der Waals surface area contributed by atoms with Crippen LogP contribution in [0.15, 0.2) is 42.9 Å². The van der Waals surface area contributed by atoms with Crippen molar-refractivity contribution in [3.63, 3.8) is 0 Å². The summed E-state index contributed by atoms with van der Waals surface area (Å²) in [5, 5.41) is 2.91. The summed E-state index contributed by atoms with van der Waals surface area (Å²) in [6.45, 7) is 0.475. The van der Waals surface area contributed by atoms with Gasteiger partial charge in [0, 0.05) is 31.2 Å². The van der Waals surface area contributed by atoms with Crippen LogP contribution in [-0.4, -0.2) is 22.0 Å². The second-order valence-electron chi connectivity index (χ2n) is 5.49. The summed E-state index contributed by atoms with van der Waals surface area (Å²) in [6.07, 6.45) is 9.21. The monoisotopic (exact) mass is 297 g/mol. The van der Waals surface area contributed by atoms with Crippen molar-refractivity contribution in [1.29, 1.82) is 0 Å². The fourth-order valence-corrected chi connectivity index (χ4v) is 2.24. The first-order chi connectivity index (χ1) is 10.8. The third-order valence-corrected chi connectivity index (χ3v) is 3.72. The number of hydrogen-bond donors (Lipinski definition) is 1. The minimum absolute atomic E-state index is 0.0220. The first-order valence-corrected chi connectivity index (χ1v) is 7.57. The van der Waals surface area contributed by atoms with Gasteiger partial charge in [0.2, 0.25) is 11.8 Å². The van der Waals surface area contributed by atoms with Gasteiger partial charge < -0.3 is 10.1 Å². The lowest BCUT2D eigenvalue weighted by atomic mass is 9.96. The molecule has 0 atom stereocenters. The Morgan fingerprint density at radius 2 is 2.18 bits per heavy atom. The average molecular weight is 297 g/mol. The van der Waals surface area contributed by atoms with Crippen molar-refractivity contribution in [2.24, 2.45) is 0 Å². The number of nitrogens with zero attached hydrogens (tertiary/aromatic N) is 2. The molecule has 114 valence electrons.